The van der Waals surface area contributed by atoms with E-state index < -0.39 is 7.29 Å². The number of hydrogen-bond acceptors (Lipinski definition) is 2. The number of fused-ring (bicyclic) bond motifs is 1. The van der Waals surface area contributed by atoms with Crippen molar-refractivity contribution in [3.63, 3.8) is 0 Å². The molecule has 3 rings (SSSR count). The number of carbonyl (C=O) groups excluding carboxylic acids is 1. The van der Waals surface area contributed by atoms with Crippen molar-refractivity contribution in [2.75, 3.05) is 12.0 Å². The molecule has 0 aromatic heterocycles. The Morgan fingerprint density at radius 2 is 1.89 bits per heavy atom. The fraction of sp³-hybridized carbons (Fsp3) is 0.500. The molecule has 1 fully saturated rings. The molecular formula is C14H19N2O2P. The van der Waals surface area contributed by atoms with Gasteiger partial charge in [-0.3, -0.25) is 9.24 Å². The fourth-order valence-corrected chi connectivity index (χ4v) is 5.63. The molecule has 0 saturated heterocycles. The first-order valence-electron chi connectivity index (χ1n) is 6.88. The predicted molar refractivity (Wildman–Crippen MR) is 77.3 cm³/mol. The van der Waals surface area contributed by atoms with Crippen LogP contribution in [0, 0.1) is 0 Å². The Balaban J connectivity index is 2.02. The molecule has 1 aliphatic carbocycles. The van der Waals surface area contributed by atoms with Crippen molar-refractivity contribution in [3.05, 3.63) is 24.3 Å². The summed E-state index contributed by atoms with van der Waals surface area (Å²) < 4.78 is 14.8. The Hall–Kier alpha value is -1.28. The highest BCUT2D eigenvalue weighted by Gasteiger charge is 2.42. The number of amides is 2. The van der Waals surface area contributed by atoms with Crippen LogP contribution in [0.4, 0.5) is 10.5 Å². The molecule has 5 heteroatoms. The summed E-state index contributed by atoms with van der Waals surface area (Å²) in [5.41, 5.74) is 0.699. The molecule has 1 aromatic rings. The molecule has 4 nitrogen and oxygen atoms in total. The highest BCUT2D eigenvalue weighted by atomic mass is 31.2. The number of benzene rings is 1. The van der Waals surface area contributed by atoms with Crippen LogP contribution in [0.5, 0.6) is 0 Å². The smallest absolute Gasteiger partial charge is 0.307 e. The number of urea groups is 1. The molecule has 1 atom stereocenters. The van der Waals surface area contributed by atoms with E-state index in [0.29, 0.717) is 5.69 Å². The number of hydrogen-bond donors (Lipinski definition) is 1. The highest BCUT2D eigenvalue weighted by Crippen LogP contribution is 2.52. The van der Waals surface area contributed by atoms with Gasteiger partial charge in [0.1, 0.15) is 0 Å². The van der Waals surface area contributed by atoms with Gasteiger partial charge in [0.15, 0.2) is 0 Å². The summed E-state index contributed by atoms with van der Waals surface area (Å²) in [6.45, 7) is 1.72. The summed E-state index contributed by atoms with van der Waals surface area (Å²) in [6, 6.07) is 7.35. The van der Waals surface area contributed by atoms with Crippen LogP contribution in [0.3, 0.4) is 0 Å². The maximum absolute atomic E-state index is 13.2. The van der Waals surface area contributed by atoms with Crippen molar-refractivity contribution in [3.8, 4) is 0 Å². The monoisotopic (exact) mass is 278 g/mol. The van der Waals surface area contributed by atoms with E-state index in [2.05, 4.69) is 5.32 Å². The van der Waals surface area contributed by atoms with Crippen molar-refractivity contribution in [2.24, 2.45) is 0 Å². The van der Waals surface area contributed by atoms with Gasteiger partial charge in [0.05, 0.1) is 11.0 Å². The van der Waals surface area contributed by atoms with Crippen LogP contribution < -0.4 is 10.6 Å². The van der Waals surface area contributed by atoms with Crippen LogP contribution in [0.1, 0.15) is 32.1 Å². The maximum atomic E-state index is 13.2. The zero-order chi connectivity index (χ0) is 13.5. The molecule has 1 aromatic carbocycles. The zero-order valence-electron chi connectivity index (χ0n) is 11.1. The van der Waals surface area contributed by atoms with Gasteiger partial charge < -0.3 is 5.32 Å². The van der Waals surface area contributed by atoms with Crippen molar-refractivity contribution in [1.82, 2.24) is 4.67 Å². The van der Waals surface area contributed by atoms with Crippen molar-refractivity contribution in [1.29, 1.82) is 0 Å². The second-order valence-electron chi connectivity index (χ2n) is 5.46. The van der Waals surface area contributed by atoms with E-state index in [9.17, 15) is 9.36 Å². The van der Waals surface area contributed by atoms with Crippen LogP contribution in [0.15, 0.2) is 24.3 Å². The second-order valence-corrected chi connectivity index (χ2v) is 8.13. The molecule has 1 N–H and O–H groups in total. The molecule has 1 unspecified atom stereocenters. The largest absolute Gasteiger partial charge is 0.327 e. The molecule has 2 aliphatic rings. The summed E-state index contributed by atoms with van der Waals surface area (Å²) in [5.74, 6) is 0. The van der Waals surface area contributed by atoms with Crippen LogP contribution in [-0.2, 0) is 4.57 Å². The first-order chi connectivity index (χ1) is 9.10. The Labute approximate surface area is 113 Å². The van der Waals surface area contributed by atoms with E-state index in [-0.39, 0.29) is 12.1 Å². The molecule has 0 radical (unpaired) electrons. The lowest BCUT2D eigenvalue weighted by molar-refractivity contribution is 0.212. The first kappa shape index (κ1) is 12.7. The molecule has 1 saturated carbocycles. The molecule has 0 spiro atoms. The minimum absolute atomic E-state index is 0.123. The molecule has 102 valence electrons. The molecule has 2 amide bonds. The lowest BCUT2D eigenvalue weighted by Crippen LogP contribution is -2.47. The van der Waals surface area contributed by atoms with Crippen LogP contribution in [-0.4, -0.2) is 23.4 Å². The van der Waals surface area contributed by atoms with Gasteiger partial charge in [-0.25, -0.2) is 4.79 Å². The summed E-state index contributed by atoms with van der Waals surface area (Å²) >= 11 is 0. The summed E-state index contributed by atoms with van der Waals surface area (Å²) in [6.07, 6.45) is 5.39. The average Bonchev–Trinajstić information content (AvgIpc) is 2.39. The maximum Gasteiger partial charge on any atom is 0.327 e. The van der Waals surface area contributed by atoms with E-state index in [1.165, 1.54) is 6.42 Å². The van der Waals surface area contributed by atoms with Crippen LogP contribution in [0.2, 0.25) is 0 Å². The molecule has 1 aliphatic heterocycles. The lowest BCUT2D eigenvalue weighted by Gasteiger charge is -2.41. The fourth-order valence-electron chi connectivity index (χ4n) is 3.21. The van der Waals surface area contributed by atoms with Crippen molar-refractivity contribution < 1.29 is 9.36 Å². The topological polar surface area (TPSA) is 49.4 Å². The zero-order valence-corrected chi connectivity index (χ0v) is 12.0. The van der Waals surface area contributed by atoms with E-state index in [1.807, 2.05) is 24.3 Å². The number of carbonyl (C=O) groups is 1. The van der Waals surface area contributed by atoms with Gasteiger partial charge >= 0.3 is 6.03 Å². The number of anilines is 1. The minimum atomic E-state index is -2.79. The third-order valence-electron chi connectivity index (χ3n) is 4.13. The summed E-state index contributed by atoms with van der Waals surface area (Å²) in [4.78, 5) is 12.3. The molecular weight excluding hydrogens is 259 g/mol. The Morgan fingerprint density at radius 1 is 1.21 bits per heavy atom. The van der Waals surface area contributed by atoms with E-state index in [1.54, 1.807) is 11.3 Å². The normalized spacial score (nSPS) is 27.8. The minimum Gasteiger partial charge on any atom is -0.307 e. The molecule has 0 bridgehead atoms. The third kappa shape index (κ3) is 2.08. The molecule has 1 heterocycles. The van der Waals surface area contributed by atoms with Gasteiger partial charge in [0.25, 0.3) is 0 Å². The number of nitrogens with zero attached hydrogens (tertiary/aromatic N) is 1. The Morgan fingerprint density at radius 3 is 2.63 bits per heavy atom. The van der Waals surface area contributed by atoms with E-state index >= 15 is 0 Å². The summed E-state index contributed by atoms with van der Waals surface area (Å²) in [7, 11) is -2.79. The van der Waals surface area contributed by atoms with E-state index in [4.69, 9.17) is 0 Å². The van der Waals surface area contributed by atoms with Crippen molar-refractivity contribution >= 4 is 24.3 Å². The standard InChI is InChI=1S/C14H19N2O2P/c1-19(18)13-10-6-5-9-12(13)15-14(17)16(19)11-7-3-2-4-8-11/h5-6,9-11H,2-4,7-8H2,1H3,(H,15,17). The first-order valence-corrected chi connectivity index (χ1v) is 8.99. The van der Waals surface area contributed by atoms with Crippen LogP contribution in [0.25, 0.3) is 0 Å². The molecule has 19 heavy (non-hydrogen) atoms. The quantitative estimate of drug-likeness (QED) is 0.800. The number of rotatable bonds is 1. The van der Waals surface area contributed by atoms with E-state index in [0.717, 1.165) is 31.0 Å². The van der Waals surface area contributed by atoms with Gasteiger partial charge in [0.2, 0.25) is 7.29 Å². The SMILES string of the molecule is CP1(=O)c2ccccc2NC(=O)N1C1CCCCC1. The lowest BCUT2D eigenvalue weighted by atomic mass is 9.96. The average molecular weight is 278 g/mol. The Kier molecular flexibility index (Phi) is 3.14. The number of nitrogens with one attached hydrogen (secondary N) is 1. The van der Waals surface area contributed by atoms with Gasteiger partial charge in [-0.05, 0) is 25.0 Å². The van der Waals surface area contributed by atoms with Gasteiger partial charge in [-0.1, -0.05) is 31.4 Å². The van der Waals surface area contributed by atoms with Gasteiger partial charge in [0, 0.05) is 12.7 Å². The third-order valence-corrected chi connectivity index (χ3v) is 6.75. The predicted octanol–water partition coefficient (Wildman–Crippen LogP) is 3.40. The van der Waals surface area contributed by atoms with Crippen molar-refractivity contribution in [2.45, 2.75) is 38.1 Å². The van der Waals surface area contributed by atoms with Gasteiger partial charge in [-0.15, -0.1) is 0 Å². The second kappa shape index (κ2) is 4.68. The summed E-state index contributed by atoms with van der Waals surface area (Å²) in [5, 5.41) is 3.66. The number of para-hydroxylation sites is 1. The Bertz CT molecular complexity index is 552. The van der Waals surface area contributed by atoms with Gasteiger partial charge in [-0.2, -0.15) is 0 Å². The highest BCUT2D eigenvalue weighted by molar-refractivity contribution is 7.69. The van der Waals surface area contributed by atoms with Crippen LogP contribution >= 0.6 is 7.29 Å².